The van der Waals surface area contributed by atoms with Crippen molar-refractivity contribution in [3.63, 3.8) is 0 Å². The third kappa shape index (κ3) is 4.20. The van der Waals surface area contributed by atoms with Crippen molar-refractivity contribution in [2.75, 3.05) is 18.5 Å². The number of para-hydroxylation sites is 2. The van der Waals surface area contributed by atoms with Crippen LogP contribution in [0.3, 0.4) is 0 Å². The SMILES string of the molecule is O=C(NCC1CCCO1)c1ccccc1NC(=O)c1cc2ccccc2oc1=O. The number of hydrogen-bond acceptors (Lipinski definition) is 5. The fourth-order valence-electron chi connectivity index (χ4n) is 3.31. The maximum atomic E-state index is 12.7. The van der Waals surface area contributed by atoms with Crippen LogP contribution in [0.2, 0.25) is 0 Å². The maximum absolute atomic E-state index is 12.7. The van der Waals surface area contributed by atoms with Crippen LogP contribution in [0.1, 0.15) is 33.6 Å². The van der Waals surface area contributed by atoms with Gasteiger partial charge >= 0.3 is 5.63 Å². The molecule has 148 valence electrons. The van der Waals surface area contributed by atoms with Crippen LogP contribution in [-0.2, 0) is 4.74 Å². The molecule has 29 heavy (non-hydrogen) atoms. The Morgan fingerprint density at radius 3 is 2.62 bits per heavy atom. The summed E-state index contributed by atoms with van der Waals surface area (Å²) in [5, 5.41) is 6.12. The van der Waals surface area contributed by atoms with Gasteiger partial charge in [-0.1, -0.05) is 30.3 Å². The molecule has 3 aromatic rings. The summed E-state index contributed by atoms with van der Waals surface area (Å²) in [6.07, 6.45) is 1.92. The van der Waals surface area contributed by atoms with E-state index in [0.717, 1.165) is 12.8 Å². The monoisotopic (exact) mass is 392 g/mol. The standard InChI is InChI=1S/C22H20N2O5/c25-20(23-13-15-7-5-11-28-15)16-8-2-3-9-18(16)24-21(26)17-12-14-6-1-4-10-19(14)29-22(17)27/h1-4,6,8-10,12,15H,5,7,11,13H2,(H,23,25)(H,24,26). The van der Waals surface area contributed by atoms with Gasteiger partial charge in [0.25, 0.3) is 11.8 Å². The van der Waals surface area contributed by atoms with E-state index in [1.54, 1.807) is 48.5 Å². The smallest absolute Gasteiger partial charge is 0.349 e. The molecule has 1 aliphatic heterocycles. The minimum atomic E-state index is -0.735. The highest BCUT2D eigenvalue weighted by Gasteiger charge is 2.20. The lowest BCUT2D eigenvalue weighted by molar-refractivity contribution is 0.0858. The van der Waals surface area contributed by atoms with Gasteiger partial charge < -0.3 is 19.8 Å². The lowest BCUT2D eigenvalue weighted by Crippen LogP contribution is -2.32. The van der Waals surface area contributed by atoms with Crippen LogP contribution >= 0.6 is 0 Å². The molecular formula is C22H20N2O5. The van der Waals surface area contributed by atoms with Gasteiger partial charge in [0.05, 0.1) is 17.4 Å². The Morgan fingerprint density at radius 2 is 1.79 bits per heavy atom. The summed E-state index contributed by atoms with van der Waals surface area (Å²) in [6.45, 7) is 1.12. The number of nitrogens with one attached hydrogen (secondary N) is 2. The number of amides is 2. The van der Waals surface area contributed by atoms with Crippen LogP contribution in [0.25, 0.3) is 11.0 Å². The Morgan fingerprint density at radius 1 is 1.00 bits per heavy atom. The summed E-state index contributed by atoms with van der Waals surface area (Å²) in [4.78, 5) is 37.5. The first-order chi connectivity index (χ1) is 14.1. The van der Waals surface area contributed by atoms with E-state index in [1.807, 2.05) is 0 Å². The van der Waals surface area contributed by atoms with E-state index in [-0.39, 0.29) is 17.6 Å². The second kappa shape index (κ2) is 8.28. The van der Waals surface area contributed by atoms with E-state index in [1.165, 1.54) is 6.07 Å². The van der Waals surface area contributed by atoms with Crippen LogP contribution in [0.4, 0.5) is 5.69 Å². The summed E-state index contributed by atoms with van der Waals surface area (Å²) in [5.41, 5.74) is 0.168. The number of carbonyl (C=O) groups excluding carboxylic acids is 2. The van der Waals surface area contributed by atoms with Crippen molar-refractivity contribution in [1.29, 1.82) is 0 Å². The molecule has 2 heterocycles. The maximum Gasteiger partial charge on any atom is 0.349 e. The second-order valence-electron chi connectivity index (χ2n) is 6.83. The first-order valence-corrected chi connectivity index (χ1v) is 9.45. The van der Waals surface area contributed by atoms with Gasteiger partial charge in [0.1, 0.15) is 11.1 Å². The summed E-state index contributed by atoms with van der Waals surface area (Å²) in [5.74, 6) is -0.953. The molecule has 0 saturated carbocycles. The predicted octanol–water partition coefficient (Wildman–Crippen LogP) is 2.95. The summed E-state index contributed by atoms with van der Waals surface area (Å²) in [7, 11) is 0. The van der Waals surface area contributed by atoms with Crippen molar-refractivity contribution in [1.82, 2.24) is 5.32 Å². The number of ether oxygens (including phenoxy) is 1. The van der Waals surface area contributed by atoms with E-state index in [0.29, 0.717) is 35.4 Å². The fraction of sp³-hybridized carbons (Fsp3) is 0.227. The van der Waals surface area contributed by atoms with Crippen LogP contribution in [0, 0.1) is 0 Å². The summed E-state index contributed by atoms with van der Waals surface area (Å²) in [6, 6.07) is 15.1. The van der Waals surface area contributed by atoms with Crippen LogP contribution < -0.4 is 16.3 Å². The van der Waals surface area contributed by atoms with E-state index in [9.17, 15) is 14.4 Å². The molecule has 2 aromatic carbocycles. The van der Waals surface area contributed by atoms with E-state index in [2.05, 4.69) is 10.6 Å². The zero-order valence-corrected chi connectivity index (χ0v) is 15.6. The van der Waals surface area contributed by atoms with Gasteiger partial charge in [-0.05, 0) is 37.1 Å². The molecule has 4 rings (SSSR count). The molecular weight excluding hydrogens is 372 g/mol. The molecule has 1 fully saturated rings. The first-order valence-electron chi connectivity index (χ1n) is 9.45. The number of anilines is 1. The quantitative estimate of drug-likeness (QED) is 0.651. The Hall–Kier alpha value is -3.45. The van der Waals surface area contributed by atoms with E-state index in [4.69, 9.17) is 9.15 Å². The van der Waals surface area contributed by atoms with Gasteiger partial charge in [0.2, 0.25) is 0 Å². The molecule has 0 radical (unpaired) electrons. The summed E-state index contributed by atoms with van der Waals surface area (Å²) < 4.78 is 10.7. The third-order valence-corrected chi connectivity index (χ3v) is 4.82. The van der Waals surface area contributed by atoms with Crippen LogP contribution in [0.5, 0.6) is 0 Å². The average Bonchev–Trinajstić information content (AvgIpc) is 3.25. The molecule has 1 saturated heterocycles. The Kier molecular flexibility index (Phi) is 5.39. The van der Waals surface area contributed by atoms with Crippen molar-refractivity contribution >= 4 is 28.5 Å². The largest absolute Gasteiger partial charge is 0.422 e. The molecule has 0 bridgehead atoms. The zero-order valence-electron chi connectivity index (χ0n) is 15.6. The van der Waals surface area contributed by atoms with E-state index < -0.39 is 11.5 Å². The van der Waals surface area contributed by atoms with Gasteiger partial charge in [-0.15, -0.1) is 0 Å². The molecule has 1 atom stereocenters. The van der Waals surface area contributed by atoms with E-state index >= 15 is 0 Å². The number of rotatable bonds is 5. The lowest BCUT2D eigenvalue weighted by atomic mass is 10.1. The van der Waals surface area contributed by atoms with Crippen molar-refractivity contribution in [2.24, 2.45) is 0 Å². The lowest BCUT2D eigenvalue weighted by Gasteiger charge is -2.13. The van der Waals surface area contributed by atoms with Crippen molar-refractivity contribution < 1.29 is 18.7 Å². The number of carbonyl (C=O) groups is 2. The number of fused-ring (bicyclic) bond motifs is 1. The van der Waals surface area contributed by atoms with Crippen LogP contribution in [-0.4, -0.2) is 31.1 Å². The van der Waals surface area contributed by atoms with Crippen molar-refractivity contribution in [2.45, 2.75) is 18.9 Å². The second-order valence-corrected chi connectivity index (χ2v) is 6.83. The molecule has 7 nitrogen and oxygen atoms in total. The molecule has 1 unspecified atom stereocenters. The Bertz CT molecular complexity index is 1120. The molecule has 2 amide bonds. The van der Waals surface area contributed by atoms with Crippen molar-refractivity contribution in [3.8, 4) is 0 Å². The normalized spacial score (nSPS) is 15.9. The number of hydrogen-bond donors (Lipinski definition) is 2. The van der Waals surface area contributed by atoms with Gasteiger partial charge in [-0.3, -0.25) is 9.59 Å². The Balaban J connectivity index is 1.53. The van der Waals surface area contributed by atoms with Gasteiger partial charge in [0.15, 0.2) is 0 Å². The zero-order chi connectivity index (χ0) is 20.2. The predicted molar refractivity (Wildman–Crippen MR) is 108 cm³/mol. The molecule has 0 aliphatic carbocycles. The molecule has 1 aliphatic rings. The van der Waals surface area contributed by atoms with Crippen molar-refractivity contribution in [3.05, 3.63) is 76.1 Å². The molecule has 1 aromatic heterocycles. The molecule has 0 spiro atoms. The summed E-state index contributed by atoms with van der Waals surface area (Å²) >= 11 is 0. The van der Waals surface area contributed by atoms with Gasteiger partial charge in [-0.2, -0.15) is 0 Å². The van der Waals surface area contributed by atoms with Crippen LogP contribution in [0.15, 0.2) is 63.8 Å². The third-order valence-electron chi connectivity index (χ3n) is 4.82. The molecule has 2 N–H and O–H groups in total. The van der Waals surface area contributed by atoms with Gasteiger partial charge in [0, 0.05) is 18.5 Å². The highest BCUT2D eigenvalue weighted by Crippen LogP contribution is 2.18. The Labute approximate surface area is 166 Å². The topological polar surface area (TPSA) is 97.6 Å². The fourth-order valence-corrected chi connectivity index (χ4v) is 3.31. The minimum absolute atomic E-state index is 0.0166. The molecule has 7 heteroatoms. The first kappa shape index (κ1) is 18.9. The average molecular weight is 392 g/mol. The highest BCUT2D eigenvalue weighted by atomic mass is 16.5. The highest BCUT2D eigenvalue weighted by molar-refractivity contribution is 6.09. The minimum Gasteiger partial charge on any atom is -0.422 e. The number of benzene rings is 2. The van der Waals surface area contributed by atoms with Gasteiger partial charge in [-0.25, -0.2) is 4.79 Å².